The lowest BCUT2D eigenvalue weighted by Crippen LogP contribution is -2.62. The Labute approximate surface area is 237 Å². The Bertz CT molecular complexity index is 1490. The summed E-state index contributed by atoms with van der Waals surface area (Å²) in [4.78, 5) is 12.7. The summed E-state index contributed by atoms with van der Waals surface area (Å²) in [6.07, 6.45) is -16.2. The summed E-state index contributed by atoms with van der Waals surface area (Å²) in [5, 5.41) is 82.7. The number of aryl methyl sites for hydroxylation is 1. The number of benzene rings is 2. The minimum atomic E-state index is -1.81. The van der Waals surface area contributed by atoms with Crippen molar-refractivity contribution in [3.63, 3.8) is 0 Å². The van der Waals surface area contributed by atoms with E-state index in [0.717, 1.165) is 0 Å². The van der Waals surface area contributed by atoms with Crippen molar-refractivity contribution in [2.75, 3.05) is 20.3 Å². The molecule has 2 aliphatic rings. The van der Waals surface area contributed by atoms with Crippen LogP contribution in [-0.2, 0) is 14.2 Å². The smallest absolute Gasteiger partial charge is 0.229 e. The Kier molecular flexibility index (Phi) is 8.60. The van der Waals surface area contributed by atoms with E-state index in [9.17, 15) is 45.6 Å². The summed E-state index contributed by atoms with van der Waals surface area (Å²) < 4.78 is 33.2. The molecular weight excluding hydrogens is 564 g/mol. The lowest BCUT2D eigenvalue weighted by atomic mass is 9.98. The summed E-state index contributed by atoms with van der Waals surface area (Å²) in [5.41, 5.74) is -0.394. The average molecular weight is 597 g/mol. The van der Waals surface area contributed by atoms with Gasteiger partial charge in [0.05, 0.1) is 25.7 Å². The van der Waals surface area contributed by atoms with Crippen LogP contribution in [-0.4, -0.2) is 123 Å². The fraction of sp³-hybridized carbons (Fsp3) is 0.519. The molecule has 10 atom stereocenters. The topological polar surface area (TPSA) is 238 Å². The van der Waals surface area contributed by atoms with Crippen LogP contribution in [0.4, 0.5) is 0 Å². The SMILES string of the molecule is COc1cc(O[C@H]2O[C@H](CO[C@@H]3O[C@H](CO)[C@H](O)[C@@H](O)[C@H]3O)[C@H](O)[C@@H](O)[C@H]2O)c2c(O)c3c(=O)cc(C)oc3cc2c1. The Morgan fingerprint density at radius 3 is 2.12 bits per heavy atom. The van der Waals surface area contributed by atoms with Crippen molar-refractivity contribution in [1.29, 1.82) is 0 Å². The Hall–Kier alpha value is -3.09. The van der Waals surface area contributed by atoms with E-state index in [2.05, 4.69) is 0 Å². The molecule has 1 aromatic heterocycles. The Morgan fingerprint density at radius 1 is 0.810 bits per heavy atom. The van der Waals surface area contributed by atoms with E-state index in [1.165, 1.54) is 25.3 Å². The highest BCUT2D eigenvalue weighted by Crippen LogP contribution is 2.42. The van der Waals surface area contributed by atoms with Crippen LogP contribution in [0.2, 0.25) is 0 Å². The van der Waals surface area contributed by atoms with Crippen LogP contribution in [0.5, 0.6) is 17.2 Å². The van der Waals surface area contributed by atoms with Gasteiger partial charge in [-0.3, -0.25) is 4.79 Å². The second-order valence-electron chi connectivity index (χ2n) is 10.2. The summed E-state index contributed by atoms with van der Waals surface area (Å²) in [7, 11) is 1.38. The van der Waals surface area contributed by atoms with Crippen LogP contribution < -0.4 is 14.9 Å². The molecule has 2 fully saturated rings. The number of hydrogen-bond acceptors (Lipinski definition) is 15. The van der Waals surface area contributed by atoms with Crippen molar-refractivity contribution >= 4 is 21.7 Å². The van der Waals surface area contributed by atoms with Crippen molar-refractivity contribution < 1.29 is 69.0 Å². The first-order chi connectivity index (χ1) is 19.9. The minimum Gasteiger partial charge on any atom is -0.506 e. The van der Waals surface area contributed by atoms with Gasteiger partial charge in [0.1, 0.15) is 82.8 Å². The van der Waals surface area contributed by atoms with Gasteiger partial charge in [-0.05, 0) is 24.4 Å². The van der Waals surface area contributed by atoms with Gasteiger partial charge >= 0.3 is 0 Å². The van der Waals surface area contributed by atoms with Crippen molar-refractivity contribution in [3.8, 4) is 17.2 Å². The first-order valence-electron chi connectivity index (χ1n) is 13.0. The van der Waals surface area contributed by atoms with E-state index >= 15 is 0 Å². The lowest BCUT2D eigenvalue weighted by Gasteiger charge is -2.42. The highest BCUT2D eigenvalue weighted by Gasteiger charge is 2.48. The van der Waals surface area contributed by atoms with Crippen LogP contribution in [0.15, 0.2) is 33.5 Å². The quantitative estimate of drug-likeness (QED) is 0.137. The number of fused-ring (bicyclic) bond motifs is 2. The van der Waals surface area contributed by atoms with Crippen LogP contribution in [0.1, 0.15) is 5.76 Å². The average Bonchev–Trinajstić information content (AvgIpc) is 2.95. The summed E-state index contributed by atoms with van der Waals surface area (Å²) >= 11 is 0. The number of methoxy groups -OCH3 is 1. The third-order valence-electron chi connectivity index (χ3n) is 7.39. The molecule has 15 heteroatoms. The summed E-state index contributed by atoms with van der Waals surface area (Å²) in [5.74, 6) is 0.0146. The molecule has 3 heterocycles. The predicted molar refractivity (Wildman–Crippen MR) is 140 cm³/mol. The molecule has 3 aromatic rings. The lowest BCUT2D eigenvalue weighted by molar-refractivity contribution is -0.323. The second kappa shape index (κ2) is 11.9. The molecule has 0 amide bonds. The van der Waals surface area contributed by atoms with Gasteiger partial charge in [0.15, 0.2) is 11.7 Å². The Morgan fingerprint density at radius 2 is 1.45 bits per heavy atom. The molecule has 0 saturated carbocycles. The molecule has 42 heavy (non-hydrogen) atoms. The number of phenolic OH excluding ortho intramolecular Hbond substituents is 1. The van der Waals surface area contributed by atoms with Gasteiger partial charge in [0.2, 0.25) is 6.29 Å². The van der Waals surface area contributed by atoms with Gasteiger partial charge < -0.3 is 69.0 Å². The zero-order chi connectivity index (χ0) is 30.5. The van der Waals surface area contributed by atoms with E-state index in [4.69, 9.17) is 28.1 Å². The van der Waals surface area contributed by atoms with Gasteiger partial charge in [-0.1, -0.05) is 0 Å². The molecule has 0 unspecified atom stereocenters. The number of aliphatic hydroxyl groups is 7. The first-order valence-corrected chi connectivity index (χ1v) is 13.0. The number of rotatable bonds is 7. The highest BCUT2D eigenvalue weighted by atomic mass is 16.7. The highest BCUT2D eigenvalue weighted by molar-refractivity contribution is 6.06. The van der Waals surface area contributed by atoms with E-state index in [1.807, 2.05) is 0 Å². The Balaban J connectivity index is 1.44. The van der Waals surface area contributed by atoms with E-state index in [1.54, 1.807) is 13.0 Å². The number of phenols is 1. The van der Waals surface area contributed by atoms with Crippen molar-refractivity contribution in [1.82, 2.24) is 0 Å². The molecular formula is C27H32O15. The number of ether oxygens (including phenoxy) is 5. The van der Waals surface area contributed by atoms with E-state index in [-0.39, 0.29) is 27.9 Å². The van der Waals surface area contributed by atoms with Crippen LogP contribution in [0.25, 0.3) is 21.7 Å². The fourth-order valence-electron chi connectivity index (χ4n) is 5.09. The van der Waals surface area contributed by atoms with Gasteiger partial charge in [0, 0.05) is 12.1 Å². The maximum atomic E-state index is 12.7. The zero-order valence-electron chi connectivity index (χ0n) is 22.4. The predicted octanol–water partition coefficient (Wildman–Crippen LogP) is -2.03. The van der Waals surface area contributed by atoms with Gasteiger partial charge in [-0.25, -0.2) is 0 Å². The second-order valence-corrected chi connectivity index (χ2v) is 10.2. The van der Waals surface area contributed by atoms with Gasteiger partial charge in [-0.2, -0.15) is 0 Å². The molecule has 0 bridgehead atoms. The third-order valence-corrected chi connectivity index (χ3v) is 7.39. The van der Waals surface area contributed by atoms with Crippen LogP contribution in [0.3, 0.4) is 0 Å². The molecule has 0 radical (unpaired) electrons. The van der Waals surface area contributed by atoms with Gasteiger partial charge in [-0.15, -0.1) is 0 Å². The molecule has 2 aromatic carbocycles. The molecule has 8 N–H and O–H groups in total. The maximum absolute atomic E-state index is 12.7. The molecule has 5 rings (SSSR count). The van der Waals surface area contributed by atoms with Crippen LogP contribution in [0, 0.1) is 6.92 Å². The number of aliphatic hydroxyl groups excluding tert-OH is 7. The fourth-order valence-corrected chi connectivity index (χ4v) is 5.09. The molecule has 0 spiro atoms. The molecule has 15 nitrogen and oxygen atoms in total. The molecule has 2 saturated heterocycles. The molecule has 0 aliphatic carbocycles. The normalized spacial score (nSPS) is 33.6. The van der Waals surface area contributed by atoms with Crippen molar-refractivity contribution in [2.45, 2.75) is 68.3 Å². The number of aromatic hydroxyl groups is 1. The summed E-state index contributed by atoms with van der Waals surface area (Å²) in [6.45, 7) is 0.330. The summed E-state index contributed by atoms with van der Waals surface area (Å²) in [6, 6.07) is 5.62. The van der Waals surface area contributed by atoms with E-state index < -0.39 is 85.8 Å². The largest absolute Gasteiger partial charge is 0.506 e. The van der Waals surface area contributed by atoms with Crippen molar-refractivity contribution in [3.05, 3.63) is 40.2 Å². The standard InChI is InChI=1S/C27H32O15/c1-9-3-12(29)18-13(39-9)5-10-4-11(37-2)6-14(17(10)21(18)32)40-27-25(36)23(34)20(31)16(42-27)8-38-26-24(35)22(33)19(30)15(7-28)41-26/h3-6,15-16,19-20,22-28,30-36H,7-8H2,1-2H3/t15-,16-,19+,20+,22-,23-,24-,25-,26-,27+/m1/s1. The third kappa shape index (κ3) is 5.40. The maximum Gasteiger partial charge on any atom is 0.229 e. The minimum absolute atomic E-state index is 0.0463. The van der Waals surface area contributed by atoms with Gasteiger partial charge in [0.25, 0.3) is 0 Å². The monoisotopic (exact) mass is 596 g/mol. The van der Waals surface area contributed by atoms with E-state index in [0.29, 0.717) is 11.1 Å². The van der Waals surface area contributed by atoms with Crippen LogP contribution >= 0.6 is 0 Å². The molecule has 230 valence electrons. The zero-order valence-corrected chi connectivity index (χ0v) is 22.4. The molecule has 2 aliphatic heterocycles. The number of hydrogen-bond donors (Lipinski definition) is 8. The first kappa shape index (κ1) is 30.4. The van der Waals surface area contributed by atoms with Crippen molar-refractivity contribution in [2.24, 2.45) is 0 Å².